The fourth-order valence-electron chi connectivity index (χ4n) is 1.46. The summed E-state index contributed by atoms with van der Waals surface area (Å²) in [5.41, 5.74) is 1.37. The van der Waals surface area contributed by atoms with Crippen molar-refractivity contribution >= 4 is 0 Å². The Morgan fingerprint density at radius 2 is 1.88 bits per heavy atom. The third-order valence-electron chi connectivity index (χ3n) is 2.64. The molecule has 0 N–H and O–H groups in total. The Balaban J connectivity index is 2.96. The largest absolute Gasteiger partial charge is 0.314 e. The number of rotatable bonds is 3. The molecule has 1 heterocycles. The van der Waals surface area contributed by atoms with Gasteiger partial charge in [0.1, 0.15) is 0 Å². The first-order valence-corrected chi connectivity index (χ1v) is 5.66. The maximum atomic E-state index is 11.7. The van der Waals surface area contributed by atoms with Crippen LogP contribution >= 0.6 is 0 Å². The molecule has 0 spiro atoms. The molecule has 3 nitrogen and oxygen atoms in total. The quantitative estimate of drug-likeness (QED) is 0.778. The van der Waals surface area contributed by atoms with Crippen LogP contribution in [0.25, 0.3) is 0 Å². The predicted molar refractivity (Wildman–Crippen MR) is 68.0 cm³/mol. The summed E-state index contributed by atoms with van der Waals surface area (Å²) >= 11 is 0. The van der Waals surface area contributed by atoms with E-state index in [0.29, 0.717) is 0 Å². The Bertz CT molecular complexity index is 399. The van der Waals surface area contributed by atoms with Gasteiger partial charge < -0.3 is 9.47 Å². The van der Waals surface area contributed by atoms with E-state index in [1.165, 1.54) is 5.56 Å². The number of hydrogen-bond donors (Lipinski definition) is 0. The van der Waals surface area contributed by atoms with E-state index in [0.717, 1.165) is 13.1 Å². The summed E-state index contributed by atoms with van der Waals surface area (Å²) in [7, 11) is 4.03. The summed E-state index contributed by atoms with van der Waals surface area (Å²) in [5, 5.41) is 0. The second kappa shape index (κ2) is 4.83. The van der Waals surface area contributed by atoms with E-state index in [2.05, 4.69) is 25.7 Å². The molecule has 0 fully saturated rings. The third-order valence-corrected chi connectivity index (χ3v) is 2.64. The molecular weight excluding hydrogens is 200 g/mol. The summed E-state index contributed by atoms with van der Waals surface area (Å²) in [4.78, 5) is 13.7. The van der Waals surface area contributed by atoms with Crippen molar-refractivity contribution in [2.75, 3.05) is 20.6 Å². The fraction of sp³-hybridized carbons (Fsp3) is 0.615. The lowest BCUT2D eigenvalue weighted by atomic mass is 9.88. The van der Waals surface area contributed by atoms with Crippen LogP contribution in [0.5, 0.6) is 0 Å². The Labute approximate surface area is 97.7 Å². The molecule has 0 aliphatic rings. The van der Waals surface area contributed by atoms with Gasteiger partial charge in [-0.3, -0.25) is 4.79 Å². The van der Waals surface area contributed by atoms with Gasteiger partial charge in [-0.25, -0.2) is 0 Å². The predicted octanol–water partition coefficient (Wildman–Crippen LogP) is 1.71. The number of hydrogen-bond acceptors (Lipinski definition) is 2. The monoisotopic (exact) mass is 222 g/mol. The van der Waals surface area contributed by atoms with Crippen molar-refractivity contribution in [1.29, 1.82) is 0 Å². The summed E-state index contributed by atoms with van der Waals surface area (Å²) in [5.74, 6) is 0. The molecular formula is C13H22N2O. The van der Waals surface area contributed by atoms with Gasteiger partial charge in [-0.2, -0.15) is 0 Å². The zero-order valence-electron chi connectivity index (χ0n) is 10.9. The lowest BCUT2D eigenvalue weighted by Gasteiger charge is -2.20. The zero-order chi connectivity index (χ0) is 12.3. The Kier molecular flexibility index (Phi) is 3.92. The van der Waals surface area contributed by atoms with Gasteiger partial charge in [0.05, 0.1) is 0 Å². The lowest BCUT2D eigenvalue weighted by Crippen LogP contribution is -2.27. The van der Waals surface area contributed by atoms with E-state index >= 15 is 0 Å². The molecule has 0 aliphatic heterocycles. The van der Waals surface area contributed by atoms with Gasteiger partial charge in [0.25, 0.3) is 5.56 Å². The van der Waals surface area contributed by atoms with Crippen LogP contribution in [0.2, 0.25) is 0 Å². The number of nitrogens with zero attached hydrogens (tertiary/aromatic N) is 2. The van der Waals surface area contributed by atoms with Crippen molar-refractivity contribution in [3.05, 3.63) is 34.2 Å². The first-order chi connectivity index (χ1) is 7.30. The van der Waals surface area contributed by atoms with E-state index in [4.69, 9.17) is 0 Å². The van der Waals surface area contributed by atoms with Crippen LogP contribution in [0.15, 0.2) is 23.1 Å². The van der Waals surface area contributed by atoms with Gasteiger partial charge in [0.2, 0.25) is 0 Å². The van der Waals surface area contributed by atoms with Crippen molar-refractivity contribution in [2.24, 2.45) is 0 Å². The topological polar surface area (TPSA) is 25.2 Å². The summed E-state index contributed by atoms with van der Waals surface area (Å²) < 4.78 is 1.79. The Hall–Kier alpha value is -1.09. The standard InChI is InChI=1S/C13H22N2O/c1-13(2,3)11-6-7-12(16)15(10-11)9-8-14(4)5/h6-7,10H,8-9H2,1-5H3. The lowest BCUT2D eigenvalue weighted by molar-refractivity contribution is 0.379. The van der Waals surface area contributed by atoms with E-state index in [-0.39, 0.29) is 11.0 Å². The molecule has 0 amide bonds. The molecule has 0 aliphatic carbocycles. The molecule has 0 radical (unpaired) electrons. The maximum absolute atomic E-state index is 11.7. The maximum Gasteiger partial charge on any atom is 0.250 e. The minimum absolute atomic E-state index is 0.0786. The summed E-state index contributed by atoms with van der Waals surface area (Å²) in [6.45, 7) is 8.10. The first kappa shape index (κ1) is 13.0. The second-order valence-electron chi connectivity index (χ2n) is 5.50. The van der Waals surface area contributed by atoms with E-state index in [9.17, 15) is 4.79 Å². The van der Waals surface area contributed by atoms with Crippen LogP contribution in [0.1, 0.15) is 26.3 Å². The van der Waals surface area contributed by atoms with Gasteiger partial charge >= 0.3 is 0 Å². The molecule has 0 saturated heterocycles. The Morgan fingerprint density at radius 1 is 1.25 bits per heavy atom. The molecule has 0 bridgehead atoms. The Morgan fingerprint density at radius 3 is 2.38 bits per heavy atom. The highest BCUT2D eigenvalue weighted by Gasteiger charge is 2.14. The van der Waals surface area contributed by atoms with Gasteiger partial charge in [-0.15, -0.1) is 0 Å². The minimum Gasteiger partial charge on any atom is -0.314 e. The highest BCUT2D eigenvalue weighted by Crippen LogP contribution is 2.20. The molecule has 0 saturated carbocycles. The van der Waals surface area contributed by atoms with Crippen LogP contribution < -0.4 is 5.56 Å². The van der Waals surface area contributed by atoms with Crippen molar-refractivity contribution < 1.29 is 0 Å². The second-order valence-corrected chi connectivity index (χ2v) is 5.50. The highest BCUT2D eigenvalue weighted by molar-refractivity contribution is 5.18. The van der Waals surface area contributed by atoms with Crippen LogP contribution in [0.3, 0.4) is 0 Å². The molecule has 0 atom stereocenters. The smallest absolute Gasteiger partial charge is 0.250 e. The highest BCUT2D eigenvalue weighted by atomic mass is 16.1. The molecule has 16 heavy (non-hydrogen) atoms. The number of aromatic nitrogens is 1. The number of pyridine rings is 1. The third kappa shape index (κ3) is 3.49. The summed E-state index contributed by atoms with van der Waals surface area (Å²) in [6.07, 6.45) is 1.98. The molecule has 3 heteroatoms. The average Bonchev–Trinajstić information content (AvgIpc) is 2.14. The van der Waals surface area contributed by atoms with Crippen LogP contribution in [-0.4, -0.2) is 30.1 Å². The normalized spacial score (nSPS) is 12.1. The van der Waals surface area contributed by atoms with E-state index in [1.807, 2.05) is 26.4 Å². The van der Waals surface area contributed by atoms with Crippen molar-refractivity contribution in [3.8, 4) is 0 Å². The van der Waals surface area contributed by atoms with Crippen LogP contribution in [0.4, 0.5) is 0 Å². The summed E-state index contributed by atoms with van der Waals surface area (Å²) in [6, 6.07) is 3.59. The molecule has 0 aromatic carbocycles. The van der Waals surface area contributed by atoms with Gasteiger partial charge in [-0.1, -0.05) is 26.8 Å². The van der Waals surface area contributed by atoms with Gasteiger partial charge in [0.15, 0.2) is 0 Å². The molecule has 1 aromatic rings. The fourth-order valence-corrected chi connectivity index (χ4v) is 1.46. The van der Waals surface area contributed by atoms with Gasteiger partial charge in [0, 0.05) is 25.4 Å². The minimum atomic E-state index is 0.0786. The van der Waals surface area contributed by atoms with Crippen LogP contribution in [0, 0.1) is 0 Å². The first-order valence-electron chi connectivity index (χ1n) is 5.66. The van der Waals surface area contributed by atoms with Crippen molar-refractivity contribution in [2.45, 2.75) is 32.7 Å². The van der Waals surface area contributed by atoms with Crippen molar-refractivity contribution in [1.82, 2.24) is 9.47 Å². The van der Waals surface area contributed by atoms with E-state index in [1.54, 1.807) is 10.6 Å². The zero-order valence-corrected chi connectivity index (χ0v) is 10.9. The molecule has 1 rings (SSSR count). The number of likely N-dealkylation sites (N-methyl/N-ethyl adjacent to an activating group) is 1. The molecule has 1 aromatic heterocycles. The molecule has 90 valence electrons. The average molecular weight is 222 g/mol. The SMILES string of the molecule is CN(C)CCn1cc(C(C)(C)C)ccc1=O. The van der Waals surface area contributed by atoms with E-state index < -0.39 is 0 Å². The van der Waals surface area contributed by atoms with Crippen molar-refractivity contribution in [3.63, 3.8) is 0 Å². The van der Waals surface area contributed by atoms with Crippen LogP contribution in [-0.2, 0) is 12.0 Å². The van der Waals surface area contributed by atoms with Gasteiger partial charge in [-0.05, 0) is 25.1 Å². The molecule has 0 unspecified atom stereocenters.